The third kappa shape index (κ3) is 3.12. The zero-order chi connectivity index (χ0) is 19.8. The standard InChI is InChI=1S/C20H15ClN4O3/c1-25-16(10-15(24-25)11-6-8-12(21)9-7-11)23-20(28)17-18(26)13-4-2-3-5-14(13)22-19(17)27/h2-10H,1H3,(H,23,28)(H2,22,26,27). The summed E-state index contributed by atoms with van der Waals surface area (Å²) < 4.78 is 1.48. The van der Waals surface area contributed by atoms with Gasteiger partial charge in [0.25, 0.3) is 11.5 Å². The van der Waals surface area contributed by atoms with Crippen LogP contribution in [0.1, 0.15) is 10.4 Å². The number of halogens is 1. The highest BCUT2D eigenvalue weighted by atomic mass is 35.5. The molecule has 0 bridgehead atoms. The largest absolute Gasteiger partial charge is 0.506 e. The van der Waals surface area contributed by atoms with Crippen LogP contribution in [0.2, 0.25) is 5.02 Å². The second-order valence-electron chi connectivity index (χ2n) is 6.22. The van der Waals surface area contributed by atoms with Gasteiger partial charge in [-0.05, 0) is 24.3 Å². The van der Waals surface area contributed by atoms with E-state index in [9.17, 15) is 14.7 Å². The van der Waals surface area contributed by atoms with Crippen LogP contribution in [0.25, 0.3) is 22.2 Å². The van der Waals surface area contributed by atoms with Crippen LogP contribution < -0.4 is 10.9 Å². The first-order valence-electron chi connectivity index (χ1n) is 8.39. The molecule has 0 spiro atoms. The molecular formula is C20H15ClN4O3. The van der Waals surface area contributed by atoms with Crippen LogP contribution in [0.3, 0.4) is 0 Å². The van der Waals surface area contributed by atoms with Gasteiger partial charge in [0, 0.05) is 29.1 Å². The molecular weight excluding hydrogens is 380 g/mol. The van der Waals surface area contributed by atoms with Gasteiger partial charge in [-0.1, -0.05) is 35.9 Å². The number of benzene rings is 2. The van der Waals surface area contributed by atoms with E-state index in [4.69, 9.17) is 11.6 Å². The highest BCUT2D eigenvalue weighted by Gasteiger charge is 2.20. The van der Waals surface area contributed by atoms with Crippen LogP contribution >= 0.6 is 11.6 Å². The van der Waals surface area contributed by atoms with Crippen molar-refractivity contribution < 1.29 is 9.90 Å². The van der Waals surface area contributed by atoms with Crippen LogP contribution in [-0.2, 0) is 7.05 Å². The van der Waals surface area contributed by atoms with Gasteiger partial charge in [0.15, 0.2) is 0 Å². The van der Waals surface area contributed by atoms with Gasteiger partial charge in [-0.2, -0.15) is 5.10 Å². The molecule has 28 heavy (non-hydrogen) atoms. The third-order valence-corrected chi connectivity index (χ3v) is 4.63. The number of nitrogens with zero attached hydrogens (tertiary/aromatic N) is 2. The number of para-hydroxylation sites is 1. The lowest BCUT2D eigenvalue weighted by molar-refractivity contribution is 0.102. The average molecular weight is 395 g/mol. The zero-order valence-corrected chi connectivity index (χ0v) is 15.5. The summed E-state index contributed by atoms with van der Waals surface area (Å²) in [7, 11) is 1.67. The molecule has 0 aliphatic carbocycles. The maximum Gasteiger partial charge on any atom is 0.266 e. The second-order valence-corrected chi connectivity index (χ2v) is 6.66. The topological polar surface area (TPSA) is 100 Å². The van der Waals surface area contributed by atoms with Gasteiger partial charge in [-0.25, -0.2) is 0 Å². The van der Waals surface area contributed by atoms with Crippen LogP contribution in [0.4, 0.5) is 5.82 Å². The molecule has 3 N–H and O–H groups in total. The Labute approximate surface area is 164 Å². The third-order valence-electron chi connectivity index (χ3n) is 4.38. The van der Waals surface area contributed by atoms with E-state index in [0.29, 0.717) is 27.4 Å². The number of carbonyl (C=O) groups is 1. The smallest absolute Gasteiger partial charge is 0.266 e. The van der Waals surface area contributed by atoms with Crippen molar-refractivity contribution in [3.63, 3.8) is 0 Å². The Hall–Kier alpha value is -3.58. The van der Waals surface area contributed by atoms with Gasteiger partial charge < -0.3 is 15.4 Å². The van der Waals surface area contributed by atoms with E-state index in [2.05, 4.69) is 15.4 Å². The van der Waals surface area contributed by atoms with Crippen molar-refractivity contribution in [2.24, 2.45) is 7.05 Å². The van der Waals surface area contributed by atoms with Crippen molar-refractivity contribution in [2.75, 3.05) is 5.32 Å². The molecule has 4 aromatic rings. The molecule has 4 rings (SSSR count). The van der Waals surface area contributed by atoms with Gasteiger partial charge in [0.1, 0.15) is 17.1 Å². The Morgan fingerprint density at radius 3 is 2.64 bits per heavy atom. The number of aromatic amines is 1. The summed E-state index contributed by atoms with van der Waals surface area (Å²) in [5.41, 5.74) is 0.881. The van der Waals surface area contributed by atoms with Crippen molar-refractivity contribution in [1.82, 2.24) is 14.8 Å². The Morgan fingerprint density at radius 1 is 1.18 bits per heavy atom. The Bertz CT molecular complexity index is 1260. The molecule has 0 unspecified atom stereocenters. The molecule has 0 radical (unpaired) electrons. The predicted octanol–water partition coefficient (Wildman–Crippen LogP) is 3.54. The van der Waals surface area contributed by atoms with Crippen molar-refractivity contribution >= 4 is 34.2 Å². The normalized spacial score (nSPS) is 10.9. The van der Waals surface area contributed by atoms with E-state index >= 15 is 0 Å². The van der Waals surface area contributed by atoms with E-state index < -0.39 is 11.5 Å². The molecule has 2 heterocycles. The number of hydrogen-bond acceptors (Lipinski definition) is 4. The number of hydrogen-bond donors (Lipinski definition) is 3. The van der Waals surface area contributed by atoms with E-state index in [1.165, 1.54) is 4.68 Å². The predicted molar refractivity (Wildman–Crippen MR) is 108 cm³/mol. The van der Waals surface area contributed by atoms with E-state index in [1.54, 1.807) is 49.5 Å². The lowest BCUT2D eigenvalue weighted by atomic mass is 10.1. The summed E-state index contributed by atoms with van der Waals surface area (Å²) >= 11 is 5.90. The second kappa shape index (κ2) is 6.86. The minimum atomic E-state index is -0.727. The molecule has 2 aromatic heterocycles. The number of fused-ring (bicyclic) bond motifs is 1. The summed E-state index contributed by atoms with van der Waals surface area (Å²) in [6.45, 7) is 0. The van der Waals surface area contributed by atoms with E-state index in [1.807, 2.05) is 12.1 Å². The SMILES string of the molecule is Cn1nc(-c2ccc(Cl)cc2)cc1NC(=O)c1c(O)c2ccccc2[nH]c1=O. The quantitative estimate of drug-likeness (QED) is 0.494. The molecule has 140 valence electrons. The molecule has 2 aromatic carbocycles. The van der Waals surface area contributed by atoms with E-state index in [0.717, 1.165) is 5.56 Å². The minimum absolute atomic E-state index is 0.354. The first-order chi connectivity index (χ1) is 13.4. The van der Waals surface area contributed by atoms with Gasteiger partial charge in [0.2, 0.25) is 0 Å². The molecule has 0 saturated heterocycles. The maximum absolute atomic E-state index is 12.7. The lowest BCUT2D eigenvalue weighted by Crippen LogP contribution is -2.24. The number of aryl methyl sites for hydroxylation is 1. The highest BCUT2D eigenvalue weighted by Crippen LogP contribution is 2.26. The zero-order valence-electron chi connectivity index (χ0n) is 14.7. The summed E-state index contributed by atoms with van der Waals surface area (Å²) in [5.74, 6) is -0.714. The monoisotopic (exact) mass is 394 g/mol. The van der Waals surface area contributed by atoms with Gasteiger partial charge in [-0.3, -0.25) is 14.3 Å². The fraction of sp³-hybridized carbons (Fsp3) is 0.0500. The number of pyridine rings is 1. The summed E-state index contributed by atoms with van der Waals surface area (Å²) in [5, 5.41) is 18.4. The Balaban J connectivity index is 1.69. The number of aromatic hydroxyl groups is 1. The minimum Gasteiger partial charge on any atom is -0.506 e. The molecule has 1 amide bonds. The van der Waals surface area contributed by atoms with Gasteiger partial charge in [0.05, 0.1) is 11.2 Å². The number of carbonyl (C=O) groups excluding carboxylic acids is 1. The van der Waals surface area contributed by atoms with Gasteiger partial charge in [-0.15, -0.1) is 0 Å². The Morgan fingerprint density at radius 2 is 1.89 bits per heavy atom. The fourth-order valence-electron chi connectivity index (χ4n) is 2.96. The van der Waals surface area contributed by atoms with E-state index in [-0.39, 0.29) is 11.3 Å². The maximum atomic E-state index is 12.7. The molecule has 0 atom stereocenters. The van der Waals surface area contributed by atoms with Crippen LogP contribution in [0.15, 0.2) is 59.4 Å². The number of nitrogens with one attached hydrogen (secondary N) is 2. The lowest BCUT2D eigenvalue weighted by Gasteiger charge is -2.08. The highest BCUT2D eigenvalue weighted by molar-refractivity contribution is 6.30. The van der Waals surface area contributed by atoms with Crippen molar-refractivity contribution in [2.45, 2.75) is 0 Å². The number of H-pyrrole nitrogens is 1. The van der Waals surface area contributed by atoms with Crippen molar-refractivity contribution in [3.8, 4) is 17.0 Å². The van der Waals surface area contributed by atoms with Gasteiger partial charge >= 0.3 is 0 Å². The van der Waals surface area contributed by atoms with Crippen molar-refractivity contribution in [3.05, 3.63) is 75.5 Å². The molecule has 0 aliphatic rings. The van der Waals surface area contributed by atoms with Crippen LogP contribution in [0, 0.1) is 0 Å². The van der Waals surface area contributed by atoms with Crippen LogP contribution in [-0.4, -0.2) is 25.8 Å². The first kappa shape index (κ1) is 17.8. The molecule has 0 saturated carbocycles. The molecule has 8 heteroatoms. The number of amides is 1. The molecule has 0 fully saturated rings. The molecule has 7 nitrogen and oxygen atoms in total. The Kier molecular flexibility index (Phi) is 4.37. The average Bonchev–Trinajstić information content (AvgIpc) is 3.02. The number of anilines is 1. The first-order valence-corrected chi connectivity index (χ1v) is 8.77. The molecule has 0 aliphatic heterocycles. The fourth-order valence-corrected chi connectivity index (χ4v) is 3.09. The van der Waals surface area contributed by atoms with Crippen LogP contribution in [0.5, 0.6) is 5.75 Å². The summed E-state index contributed by atoms with van der Waals surface area (Å²) in [4.78, 5) is 27.6. The number of rotatable bonds is 3. The van der Waals surface area contributed by atoms with Crippen molar-refractivity contribution in [1.29, 1.82) is 0 Å². The summed E-state index contributed by atoms with van der Waals surface area (Å²) in [6, 6.07) is 15.5. The summed E-state index contributed by atoms with van der Waals surface area (Å²) in [6.07, 6.45) is 0. The number of aromatic nitrogens is 3.